The molecule has 128 valence electrons. The number of carbonyl (C=O) groups excluding carboxylic acids is 2. The zero-order chi connectivity index (χ0) is 17.4. The monoisotopic (exact) mass is 323 g/mol. The van der Waals surface area contributed by atoms with E-state index < -0.39 is 6.09 Å². The van der Waals surface area contributed by atoms with Gasteiger partial charge in [-0.25, -0.2) is 4.79 Å². The van der Waals surface area contributed by atoms with Crippen molar-refractivity contribution < 1.29 is 19.1 Å². The van der Waals surface area contributed by atoms with Crippen LogP contribution >= 0.6 is 0 Å². The molecular weight excluding hydrogens is 298 g/mol. The van der Waals surface area contributed by atoms with Gasteiger partial charge in [0.15, 0.2) is 5.75 Å². The standard InChI is InChI=1S/C16H25N3O4/c1-11(2)19(4)15(20)12-7-5-8-13(17)14(12)22-9-6-10-23-16(21)18-3/h5,7-8,11H,6,9-10,17H2,1-4H3,(H,18,21). The van der Waals surface area contributed by atoms with Gasteiger partial charge in [0.2, 0.25) is 0 Å². The van der Waals surface area contributed by atoms with Gasteiger partial charge in [-0.15, -0.1) is 0 Å². The summed E-state index contributed by atoms with van der Waals surface area (Å²) in [5.74, 6) is 0.217. The Morgan fingerprint density at radius 1 is 1.30 bits per heavy atom. The number of nitrogens with zero attached hydrogens (tertiary/aromatic N) is 1. The number of anilines is 1. The molecule has 0 aliphatic carbocycles. The maximum atomic E-state index is 12.5. The summed E-state index contributed by atoms with van der Waals surface area (Å²) in [7, 11) is 3.23. The lowest BCUT2D eigenvalue weighted by Crippen LogP contribution is -2.33. The van der Waals surface area contributed by atoms with Crippen LogP contribution in [-0.4, -0.2) is 50.3 Å². The zero-order valence-corrected chi connectivity index (χ0v) is 14.1. The molecule has 7 nitrogen and oxygen atoms in total. The molecule has 1 rings (SSSR count). The molecule has 0 aromatic heterocycles. The summed E-state index contributed by atoms with van der Waals surface area (Å²) >= 11 is 0. The number of para-hydroxylation sites is 1. The molecule has 0 fully saturated rings. The summed E-state index contributed by atoms with van der Waals surface area (Å²) in [5, 5.41) is 2.36. The first-order chi connectivity index (χ1) is 10.9. The van der Waals surface area contributed by atoms with Crippen molar-refractivity contribution >= 4 is 17.7 Å². The fourth-order valence-electron chi connectivity index (χ4n) is 1.78. The average Bonchev–Trinajstić information content (AvgIpc) is 2.53. The highest BCUT2D eigenvalue weighted by atomic mass is 16.5. The molecule has 0 spiro atoms. The molecule has 1 aromatic rings. The number of nitrogens with one attached hydrogen (secondary N) is 1. The molecule has 0 aliphatic heterocycles. The Hall–Kier alpha value is -2.44. The van der Waals surface area contributed by atoms with Crippen molar-refractivity contribution in [3.63, 3.8) is 0 Å². The minimum Gasteiger partial charge on any atom is -0.490 e. The van der Waals surface area contributed by atoms with E-state index in [4.69, 9.17) is 15.2 Å². The molecule has 7 heteroatoms. The average molecular weight is 323 g/mol. The second-order valence-corrected chi connectivity index (χ2v) is 5.32. The first kappa shape index (κ1) is 18.6. The normalized spacial score (nSPS) is 10.3. The SMILES string of the molecule is CNC(=O)OCCCOc1c(N)cccc1C(=O)N(C)C(C)C. The summed E-state index contributed by atoms with van der Waals surface area (Å²) in [4.78, 5) is 25.0. The van der Waals surface area contributed by atoms with Crippen molar-refractivity contribution in [2.75, 3.05) is 33.0 Å². The van der Waals surface area contributed by atoms with E-state index in [0.717, 1.165) is 0 Å². The van der Waals surface area contributed by atoms with Crippen molar-refractivity contribution in [3.05, 3.63) is 23.8 Å². The number of alkyl carbamates (subject to hydrolysis) is 1. The largest absolute Gasteiger partial charge is 0.490 e. The fraction of sp³-hybridized carbons (Fsp3) is 0.500. The van der Waals surface area contributed by atoms with Gasteiger partial charge in [0, 0.05) is 26.6 Å². The van der Waals surface area contributed by atoms with Crippen molar-refractivity contribution in [2.45, 2.75) is 26.3 Å². The molecule has 0 saturated carbocycles. The number of amides is 2. The summed E-state index contributed by atoms with van der Waals surface area (Å²) in [6.07, 6.45) is 0.00808. The Labute approximate surface area is 136 Å². The topological polar surface area (TPSA) is 93.9 Å². The van der Waals surface area contributed by atoms with E-state index in [-0.39, 0.29) is 25.2 Å². The maximum absolute atomic E-state index is 12.5. The summed E-state index contributed by atoms with van der Waals surface area (Å²) in [5.41, 5.74) is 6.76. The van der Waals surface area contributed by atoms with Gasteiger partial charge in [-0.1, -0.05) is 6.07 Å². The summed E-state index contributed by atoms with van der Waals surface area (Å²) in [6, 6.07) is 5.16. The smallest absolute Gasteiger partial charge is 0.406 e. The third-order valence-corrected chi connectivity index (χ3v) is 3.34. The second-order valence-electron chi connectivity index (χ2n) is 5.32. The van der Waals surface area contributed by atoms with Crippen LogP contribution in [0.1, 0.15) is 30.6 Å². The summed E-state index contributed by atoms with van der Waals surface area (Å²) < 4.78 is 10.5. The Balaban J connectivity index is 2.71. The lowest BCUT2D eigenvalue weighted by molar-refractivity contribution is 0.0750. The Morgan fingerprint density at radius 3 is 2.61 bits per heavy atom. The van der Waals surface area contributed by atoms with Gasteiger partial charge >= 0.3 is 6.09 Å². The molecule has 0 aliphatic rings. The van der Waals surface area contributed by atoms with Crippen LogP contribution in [-0.2, 0) is 4.74 Å². The molecule has 3 N–H and O–H groups in total. The number of nitrogen functional groups attached to an aromatic ring is 1. The number of hydrogen-bond acceptors (Lipinski definition) is 5. The summed E-state index contributed by atoms with van der Waals surface area (Å²) in [6.45, 7) is 4.38. The lowest BCUT2D eigenvalue weighted by Gasteiger charge is -2.23. The highest BCUT2D eigenvalue weighted by Crippen LogP contribution is 2.28. The quantitative estimate of drug-likeness (QED) is 0.590. The van der Waals surface area contributed by atoms with Crippen LogP contribution in [0.25, 0.3) is 0 Å². The van der Waals surface area contributed by atoms with Crippen LogP contribution in [0.4, 0.5) is 10.5 Å². The third-order valence-electron chi connectivity index (χ3n) is 3.34. The Morgan fingerprint density at radius 2 is 2.00 bits per heavy atom. The number of rotatable bonds is 7. The Kier molecular flexibility index (Phi) is 7.18. The van der Waals surface area contributed by atoms with Crippen LogP contribution in [0.2, 0.25) is 0 Å². The van der Waals surface area contributed by atoms with Gasteiger partial charge in [-0.05, 0) is 26.0 Å². The molecule has 0 bridgehead atoms. The molecular formula is C16H25N3O4. The zero-order valence-electron chi connectivity index (χ0n) is 14.1. The first-order valence-electron chi connectivity index (χ1n) is 7.51. The fourth-order valence-corrected chi connectivity index (χ4v) is 1.78. The van der Waals surface area contributed by atoms with E-state index in [1.165, 1.54) is 7.05 Å². The van der Waals surface area contributed by atoms with Crippen LogP contribution in [0.15, 0.2) is 18.2 Å². The van der Waals surface area contributed by atoms with Gasteiger partial charge in [-0.2, -0.15) is 0 Å². The maximum Gasteiger partial charge on any atom is 0.406 e. The second kappa shape index (κ2) is 8.87. The van der Waals surface area contributed by atoms with Crippen molar-refractivity contribution in [1.29, 1.82) is 0 Å². The van der Waals surface area contributed by atoms with Crippen LogP contribution in [0, 0.1) is 0 Å². The highest BCUT2D eigenvalue weighted by molar-refractivity contribution is 5.98. The van der Waals surface area contributed by atoms with E-state index in [2.05, 4.69) is 5.32 Å². The number of ether oxygens (including phenoxy) is 2. The number of nitrogens with two attached hydrogens (primary N) is 1. The lowest BCUT2D eigenvalue weighted by atomic mass is 10.1. The molecule has 0 unspecified atom stereocenters. The van der Waals surface area contributed by atoms with E-state index in [9.17, 15) is 9.59 Å². The van der Waals surface area contributed by atoms with Crippen LogP contribution < -0.4 is 15.8 Å². The van der Waals surface area contributed by atoms with Gasteiger partial charge in [0.1, 0.15) is 0 Å². The van der Waals surface area contributed by atoms with Crippen LogP contribution in [0.5, 0.6) is 5.75 Å². The minimum absolute atomic E-state index is 0.0673. The number of benzene rings is 1. The van der Waals surface area contributed by atoms with Gasteiger partial charge in [0.25, 0.3) is 5.91 Å². The molecule has 23 heavy (non-hydrogen) atoms. The molecule has 0 radical (unpaired) electrons. The number of hydrogen-bond donors (Lipinski definition) is 2. The van der Waals surface area contributed by atoms with Crippen molar-refractivity contribution in [2.24, 2.45) is 0 Å². The predicted octanol–water partition coefficient (Wildman–Crippen LogP) is 1.87. The van der Waals surface area contributed by atoms with Crippen molar-refractivity contribution in [1.82, 2.24) is 10.2 Å². The van der Waals surface area contributed by atoms with Gasteiger partial charge in [0.05, 0.1) is 24.5 Å². The first-order valence-corrected chi connectivity index (χ1v) is 7.51. The van der Waals surface area contributed by atoms with Gasteiger partial charge in [-0.3, -0.25) is 4.79 Å². The van der Waals surface area contributed by atoms with E-state index in [1.54, 1.807) is 30.1 Å². The predicted molar refractivity (Wildman–Crippen MR) is 88.6 cm³/mol. The van der Waals surface area contributed by atoms with Crippen molar-refractivity contribution in [3.8, 4) is 5.75 Å². The highest BCUT2D eigenvalue weighted by Gasteiger charge is 2.20. The molecule has 0 heterocycles. The minimum atomic E-state index is -0.487. The molecule has 1 aromatic carbocycles. The molecule has 0 atom stereocenters. The van der Waals surface area contributed by atoms with E-state index >= 15 is 0 Å². The molecule has 0 saturated heterocycles. The van der Waals surface area contributed by atoms with Gasteiger partial charge < -0.3 is 25.4 Å². The van der Waals surface area contributed by atoms with E-state index in [1.807, 2.05) is 13.8 Å². The number of carbonyl (C=O) groups is 2. The molecule has 2 amide bonds. The van der Waals surface area contributed by atoms with E-state index in [0.29, 0.717) is 23.4 Å². The van der Waals surface area contributed by atoms with Crippen LogP contribution in [0.3, 0.4) is 0 Å². The third kappa shape index (κ3) is 5.36. The Bertz CT molecular complexity index is 546.